The lowest BCUT2D eigenvalue weighted by molar-refractivity contribution is 0.188. The molecule has 14 heavy (non-hydrogen) atoms. The summed E-state index contributed by atoms with van der Waals surface area (Å²) in [6.07, 6.45) is 0.900. The third kappa shape index (κ3) is 2.49. The fourth-order valence-corrected chi connectivity index (χ4v) is 1.35. The number of aromatic nitrogens is 3. The maximum atomic E-state index is 5.47. The number of hydrogen-bond acceptors (Lipinski definition) is 4. The Hall–Kier alpha value is -1.01. The van der Waals surface area contributed by atoms with Crippen molar-refractivity contribution >= 4 is 17.2 Å². The van der Waals surface area contributed by atoms with E-state index in [1.54, 1.807) is 11.8 Å². The van der Waals surface area contributed by atoms with Gasteiger partial charge in [0, 0.05) is 20.3 Å². The highest BCUT2D eigenvalue weighted by atomic mass is 32.1. The summed E-state index contributed by atoms with van der Waals surface area (Å²) in [4.78, 5) is 0.292. The number of methoxy groups -OCH3 is 1. The molecule has 0 radical (unpaired) electrons. The molecule has 0 saturated heterocycles. The second-order valence-electron chi connectivity index (χ2n) is 2.96. The van der Waals surface area contributed by atoms with Crippen molar-refractivity contribution < 1.29 is 4.74 Å². The fourth-order valence-electron chi connectivity index (χ4n) is 1.16. The van der Waals surface area contributed by atoms with Crippen molar-refractivity contribution in [2.45, 2.75) is 19.9 Å². The largest absolute Gasteiger partial charge is 0.388 e. The van der Waals surface area contributed by atoms with Gasteiger partial charge in [-0.25, -0.2) is 4.68 Å². The number of hydrogen-bond donors (Lipinski definition) is 1. The highest BCUT2D eigenvalue weighted by molar-refractivity contribution is 7.80. The first-order valence-corrected chi connectivity index (χ1v) is 4.76. The quantitative estimate of drug-likeness (QED) is 0.562. The van der Waals surface area contributed by atoms with Gasteiger partial charge in [-0.1, -0.05) is 17.4 Å². The van der Waals surface area contributed by atoms with Crippen LogP contribution >= 0.6 is 12.2 Å². The zero-order valence-electron chi connectivity index (χ0n) is 8.36. The number of nitrogens with two attached hydrogens (primary N) is 1. The van der Waals surface area contributed by atoms with E-state index < -0.39 is 0 Å². The first kappa shape index (κ1) is 11.1. The van der Waals surface area contributed by atoms with Crippen LogP contribution in [-0.4, -0.2) is 33.7 Å². The average Bonchev–Trinajstić information content (AvgIpc) is 2.48. The van der Waals surface area contributed by atoms with E-state index in [0.717, 1.165) is 18.7 Å². The zero-order chi connectivity index (χ0) is 10.6. The highest BCUT2D eigenvalue weighted by Crippen LogP contribution is 2.03. The van der Waals surface area contributed by atoms with Crippen molar-refractivity contribution in [1.29, 1.82) is 0 Å². The minimum Gasteiger partial charge on any atom is -0.388 e. The van der Waals surface area contributed by atoms with Crippen molar-refractivity contribution in [1.82, 2.24) is 15.0 Å². The van der Waals surface area contributed by atoms with Gasteiger partial charge < -0.3 is 10.5 Å². The topological polar surface area (TPSA) is 66.0 Å². The first-order valence-electron chi connectivity index (χ1n) is 4.35. The van der Waals surface area contributed by atoms with E-state index in [0.29, 0.717) is 17.3 Å². The molecule has 5 nitrogen and oxygen atoms in total. The van der Waals surface area contributed by atoms with Gasteiger partial charge in [-0.3, -0.25) is 0 Å². The molecular weight excluding hydrogens is 200 g/mol. The Morgan fingerprint density at radius 3 is 2.86 bits per heavy atom. The summed E-state index contributed by atoms with van der Waals surface area (Å²) < 4.78 is 6.73. The van der Waals surface area contributed by atoms with Crippen LogP contribution in [0, 0.1) is 6.92 Å². The number of ether oxygens (including phenoxy) is 1. The van der Waals surface area contributed by atoms with Crippen molar-refractivity contribution in [2.75, 3.05) is 13.7 Å². The molecule has 0 fully saturated rings. The lowest BCUT2D eigenvalue weighted by Gasteiger charge is -2.02. The van der Waals surface area contributed by atoms with Gasteiger partial charge in [-0.2, -0.15) is 0 Å². The lowest BCUT2D eigenvalue weighted by atomic mass is 10.3. The summed E-state index contributed by atoms with van der Waals surface area (Å²) >= 11 is 4.84. The van der Waals surface area contributed by atoms with Gasteiger partial charge in [0.25, 0.3) is 0 Å². The van der Waals surface area contributed by atoms with Crippen molar-refractivity contribution in [3.05, 3.63) is 11.4 Å². The van der Waals surface area contributed by atoms with Crippen LogP contribution in [0.4, 0.5) is 0 Å². The number of rotatable bonds is 5. The van der Waals surface area contributed by atoms with Crippen LogP contribution in [0.3, 0.4) is 0 Å². The third-order valence-electron chi connectivity index (χ3n) is 1.93. The molecule has 0 amide bonds. The molecule has 1 aromatic rings. The minimum absolute atomic E-state index is 0.292. The predicted molar refractivity (Wildman–Crippen MR) is 57.1 cm³/mol. The maximum absolute atomic E-state index is 5.47. The molecule has 0 aliphatic heterocycles. The summed E-state index contributed by atoms with van der Waals surface area (Å²) in [5.74, 6) is 0. The van der Waals surface area contributed by atoms with E-state index in [-0.39, 0.29) is 0 Å². The Bertz CT molecular complexity index is 323. The third-order valence-corrected chi connectivity index (χ3v) is 2.13. The van der Waals surface area contributed by atoms with Crippen molar-refractivity contribution in [2.24, 2.45) is 5.73 Å². The molecule has 78 valence electrons. The Balaban J connectivity index is 2.65. The molecule has 0 atom stereocenters. The van der Waals surface area contributed by atoms with Gasteiger partial charge in [0.15, 0.2) is 0 Å². The van der Waals surface area contributed by atoms with Crippen LogP contribution in [0.5, 0.6) is 0 Å². The monoisotopic (exact) mass is 214 g/mol. The van der Waals surface area contributed by atoms with Gasteiger partial charge >= 0.3 is 0 Å². The molecule has 0 aliphatic carbocycles. The number of nitrogens with zero attached hydrogens (tertiary/aromatic N) is 3. The molecule has 0 bridgehead atoms. The molecular formula is C8H14N4OS. The van der Waals surface area contributed by atoms with Gasteiger partial charge in [-0.05, 0) is 13.3 Å². The minimum atomic E-state index is 0.292. The Morgan fingerprint density at radius 1 is 1.64 bits per heavy atom. The van der Waals surface area contributed by atoms with E-state index in [2.05, 4.69) is 10.3 Å². The summed E-state index contributed by atoms with van der Waals surface area (Å²) in [6, 6.07) is 0. The molecule has 0 aliphatic rings. The number of thiocarbonyl (C=S) groups is 1. The lowest BCUT2D eigenvalue weighted by Crippen LogP contribution is -2.12. The Kier molecular flexibility index (Phi) is 3.97. The van der Waals surface area contributed by atoms with Gasteiger partial charge in [0.05, 0.1) is 5.69 Å². The second-order valence-corrected chi connectivity index (χ2v) is 3.40. The second kappa shape index (κ2) is 5.02. The van der Waals surface area contributed by atoms with Crippen LogP contribution in [0.1, 0.15) is 17.8 Å². The van der Waals surface area contributed by atoms with Crippen LogP contribution in [0.25, 0.3) is 0 Å². The highest BCUT2D eigenvalue weighted by Gasteiger charge is 2.09. The molecule has 0 saturated carbocycles. The average molecular weight is 214 g/mol. The van der Waals surface area contributed by atoms with Crippen molar-refractivity contribution in [3.8, 4) is 0 Å². The van der Waals surface area contributed by atoms with Crippen LogP contribution in [0.15, 0.2) is 0 Å². The Morgan fingerprint density at radius 2 is 2.36 bits per heavy atom. The zero-order valence-corrected chi connectivity index (χ0v) is 9.17. The normalized spacial score (nSPS) is 10.4. The molecule has 6 heteroatoms. The Labute approximate surface area is 88.2 Å². The summed E-state index contributed by atoms with van der Waals surface area (Å²) in [5.41, 5.74) is 6.99. The summed E-state index contributed by atoms with van der Waals surface area (Å²) in [6.45, 7) is 3.39. The van der Waals surface area contributed by atoms with Crippen LogP contribution in [0.2, 0.25) is 0 Å². The molecule has 1 heterocycles. The van der Waals surface area contributed by atoms with E-state index in [1.807, 2.05) is 6.92 Å². The van der Waals surface area contributed by atoms with Crippen LogP contribution in [-0.2, 0) is 11.3 Å². The first-order chi connectivity index (χ1) is 6.66. The molecule has 0 unspecified atom stereocenters. The van der Waals surface area contributed by atoms with Crippen LogP contribution < -0.4 is 5.73 Å². The standard InChI is InChI=1S/C8H14N4OS/c1-6-7(8(9)14)10-11-12(6)4-3-5-13-2/h3-5H2,1-2H3,(H2,9,14). The smallest absolute Gasteiger partial charge is 0.142 e. The fraction of sp³-hybridized carbons (Fsp3) is 0.625. The van der Waals surface area contributed by atoms with E-state index >= 15 is 0 Å². The van der Waals surface area contributed by atoms with E-state index in [1.165, 1.54) is 0 Å². The molecule has 2 N–H and O–H groups in total. The van der Waals surface area contributed by atoms with Gasteiger partial charge in [0.1, 0.15) is 10.7 Å². The van der Waals surface area contributed by atoms with E-state index in [9.17, 15) is 0 Å². The molecule has 0 aromatic carbocycles. The van der Waals surface area contributed by atoms with Crippen molar-refractivity contribution in [3.63, 3.8) is 0 Å². The maximum Gasteiger partial charge on any atom is 0.142 e. The molecule has 1 rings (SSSR count). The van der Waals surface area contributed by atoms with Gasteiger partial charge in [0.2, 0.25) is 0 Å². The SMILES string of the molecule is COCCCn1nnc(C(N)=S)c1C. The predicted octanol–water partition coefficient (Wildman–Crippen LogP) is 0.257. The molecule has 0 spiro atoms. The van der Waals surface area contributed by atoms with E-state index in [4.69, 9.17) is 22.7 Å². The summed E-state index contributed by atoms with van der Waals surface area (Å²) in [5, 5.41) is 7.85. The number of aryl methyl sites for hydroxylation is 1. The molecule has 1 aromatic heterocycles. The summed E-state index contributed by atoms with van der Waals surface area (Å²) in [7, 11) is 1.68. The van der Waals surface area contributed by atoms with Gasteiger partial charge in [-0.15, -0.1) is 5.10 Å².